The molecule has 0 saturated heterocycles. The van der Waals surface area contributed by atoms with Gasteiger partial charge in [-0.3, -0.25) is 0 Å². The fourth-order valence-corrected chi connectivity index (χ4v) is 3.36. The zero-order chi connectivity index (χ0) is 13.2. The lowest BCUT2D eigenvalue weighted by atomic mass is 9.75. The topological polar surface area (TPSA) is 29.5 Å². The van der Waals surface area contributed by atoms with Crippen molar-refractivity contribution in [1.82, 2.24) is 0 Å². The maximum atomic E-state index is 10.7. The van der Waals surface area contributed by atoms with Gasteiger partial charge in [0.25, 0.3) is 0 Å². The second-order valence-corrected chi connectivity index (χ2v) is 5.62. The van der Waals surface area contributed by atoms with Crippen molar-refractivity contribution in [3.63, 3.8) is 0 Å². The highest BCUT2D eigenvalue weighted by Crippen LogP contribution is 2.51. The van der Waals surface area contributed by atoms with E-state index in [2.05, 4.69) is 6.92 Å². The van der Waals surface area contributed by atoms with Gasteiger partial charge in [-0.15, -0.1) is 0 Å². The Morgan fingerprint density at radius 3 is 2.56 bits per heavy atom. The first-order valence-corrected chi connectivity index (χ1v) is 7.02. The van der Waals surface area contributed by atoms with Gasteiger partial charge < -0.3 is 9.84 Å². The van der Waals surface area contributed by atoms with Crippen LogP contribution in [0.5, 0.6) is 5.75 Å². The van der Waals surface area contributed by atoms with E-state index in [4.69, 9.17) is 16.3 Å². The van der Waals surface area contributed by atoms with Crippen LogP contribution in [0.2, 0.25) is 5.02 Å². The van der Waals surface area contributed by atoms with Gasteiger partial charge in [0, 0.05) is 5.41 Å². The van der Waals surface area contributed by atoms with Crippen LogP contribution in [0.3, 0.4) is 0 Å². The van der Waals surface area contributed by atoms with Crippen molar-refractivity contribution in [1.29, 1.82) is 0 Å². The molecule has 2 rings (SSSR count). The monoisotopic (exact) mass is 268 g/mol. The summed E-state index contributed by atoms with van der Waals surface area (Å²) in [6.45, 7) is 2.16. The Bertz CT molecular complexity index is 411. The molecule has 100 valence electrons. The fraction of sp³-hybridized carbons (Fsp3) is 0.600. The fourth-order valence-electron chi connectivity index (χ4n) is 3.09. The van der Waals surface area contributed by atoms with Gasteiger partial charge in [-0.2, -0.15) is 0 Å². The molecule has 1 fully saturated rings. The van der Waals surface area contributed by atoms with Gasteiger partial charge in [-0.05, 0) is 37.0 Å². The molecule has 0 radical (unpaired) electrons. The first-order chi connectivity index (χ1) is 8.63. The first kappa shape index (κ1) is 13.7. The third kappa shape index (κ3) is 2.36. The van der Waals surface area contributed by atoms with E-state index in [0.29, 0.717) is 5.02 Å². The third-order valence-corrected chi connectivity index (χ3v) is 4.71. The van der Waals surface area contributed by atoms with Crippen LogP contribution in [0.1, 0.15) is 50.7 Å². The van der Waals surface area contributed by atoms with E-state index in [1.165, 1.54) is 12.8 Å². The summed E-state index contributed by atoms with van der Waals surface area (Å²) in [5.41, 5.74) is 0.847. The number of aliphatic hydroxyl groups excluding tert-OH is 1. The Morgan fingerprint density at radius 1 is 1.39 bits per heavy atom. The summed E-state index contributed by atoms with van der Waals surface area (Å²) < 4.78 is 5.14. The van der Waals surface area contributed by atoms with E-state index < -0.39 is 6.10 Å². The normalized spacial score (nSPS) is 19.8. The summed E-state index contributed by atoms with van der Waals surface area (Å²) >= 11 is 6.26. The lowest BCUT2D eigenvalue weighted by Crippen LogP contribution is -2.25. The number of methoxy groups -OCH3 is 1. The summed E-state index contributed by atoms with van der Waals surface area (Å²) in [6, 6.07) is 5.53. The molecule has 1 N–H and O–H groups in total. The average Bonchev–Trinajstić information content (AvgIpc) is 2.87. The van der Waals surface area contributed by atoms with Gasteiger partial charge in [0.2, 0.25) is 0 Å². The molecule has 0 aliphatic heterocycles. The van der Waals surface area contributed by atoms with Crippen LogP contribution >= 0.6 is 11.6 Å². The lowest BCUT2D eigenvalue weighted by molar-refractivity contribution is 0.0238. The van der Waals surface area contributed by atoms with E-state index in [1.807, 2.05) is 12.1 Å². The molecule has 1 aromatic carbocycles. The van der Waals surface area contributed by atoms with Gasteiger partial charge >= 0.3 is 0 Å². The number of aliphatic hydroxyl groups is 1. The third-order valence-electron chi connectivity index (χ3n) is 4.39. The van der Waals surface area contributed by atoms with Gasteiger partial charge in [0.15, 0.2) is 0 Å². The van der Waals surface area contributed by atoms with E-state index in [9.17, 15) is 5.11 Å². The van der Waals surface area contributed by atoms with Crippen molar-refractivity contribution in [2.24, 2.45) is 5.41 Å². The first-order valence-electron chi connectivity index (χ1n) is 6.64. The highest BCUT2D eigenvalue weighted by molar-refractivity contribution is 6.31. The van der Waals surface area contributed by atoms with Crippen molar-refractivity contribution in [3.8, 4) is 5.75 Å². The molecule has 1 aliphatic rings. The van der Waals surface area contributed by atoms with Crippen LogP contribution in [0.15, 0.2) is 18.2 Å². The van der Waals surface area contributed by atoms with Crippen LogP contribution in [0.25, 0.3) is 0 Å². The van der Waals surface area contributed by atoms with Crippen molar-refractivity contribution in [2.75, 3.05) is 7.11 Å². The SMILES string of the molecule is CCC1(C(O)c2ccc(OC)cc2Cl)CCCC1. The van der Waals surface area contributed by atoms with E-state index in [0.717, 1.165) is 30.6 Å². The maximum Gasteiger partial charge on any atom is 0.120 e. The summed E-state index contributed by atoms with van der Waals surface area (Å²) in [7, 11) is 1.62. The number of halogens is 1. The average molecular weight is 269 g/mol. The van der Waals surface area contributed by atoms with Gasteiger partial charge in [0.05, 0.1) is 18.2 Å². The Morgan fingerprint density at radius 2 is 2.06 bits per heavy atom. The summed E-state index contributed by atoms with van der Waals surface area (Å²) in [4.78, 5) is 0. The van der Waals surface area contributed by atoms with Crippen LogP contribution in [-0.4, -0.2) is 12.2 Å². The predicted molar refractivity (Wildman–Crippen MR) is 74.2 cm³/mol. The lowest BCUT2D eigenvalue weighted by Gasteiger charge is -2.34. The number of ether oxygens (including phenoxy) is 1. The molecular formula is C15H21ClO2. The zero-order valence-electron chi connectivity index (χ0n) is 11.1. The Balaban J connectivity index is 2.30. The molecular weight excluding hydrogens is 248 g/mol. The molecule has 0 amide bonds. The largest absolute Gasteiger partial charge is 0.497 e. The van der Waals surface area contributed by atoms with Crippen LogP contribution in [-0.2, 0) is 0 Å². The van der Waals surface area contributed by atoms with E-state index in [-0.39, 0.29) is 5.41 Å². The molecule has 1 aromatic rings. The second-order valence-electron chi connectivity index (χ2n) is 5.21. The smallest absolute Gasteiger partial charge is 0.120 e. The van der Waals surface area contributed by atoms with Gasteiger partial charge in [-0.25, -0.2) is 0 Å². The van der Waals surface area contributed by atoms with E-state index >= 15 is 0 Å². The van der Waals surface area contributed by atoms with Gasteiger partial charge in [0.1, 0.15) is 5.75 Å². The minimum Gasteiger partial charge on any atom is -0.497 e. The highest BCUT2D eigenvalue weighted by Gasteiger charge is 2.40. The van der Waals surface area contributed by atoms with Crippen LogP contribution in [0.4, 0.5) is 0 Å². The standard InChI is InChI=1S/C15H21ClO2/c1-3-15(8-4-5-9-15)14(17)12-7-6-11(18-2)10-13(12)16/h6-7,10,14,17H,3-5,8-9H2,1-2H3. The quantitative estimate of drug-likeness (QED) is 0.880. The van der Waals surface area contributed by atoms with Crippen molar-refractivity contribution in [2.45, 2.75) is 45.1 Å². The second kappa shape index (κ2) is 5.50. The predicted octanol–water partition coefficient (Wildman–Crippen LogP) is 4.35. The van der Waals surface area contributed by atoms with Gasteiger partial charge in [-0.1, -0.05) is 37.4 Å². The van der Waals surface area contributed by atoms with Crippen LogP contribution in [0, 0.1) is 5.41 Å². The molecule has 2 nitrogen and oxygen atoms in total. The number of hydrogen-bond donors (Lipinski definition) is 1. The highest BCUT2D eigenvalue weighted by atomic mass is 35.5. The molecule has 1 unspecified atom stereocenters. The maximum absolute atomic E-state index is 10.7. The van der Waals surface area contributed by atoms with Crippen molar-refractivity contribution >= 4 is 11.6 Å². The molecule has 1 aliphatic carbocycles. The summed E-state index contributed by atoms with van der Waals surface area (Å²) in [6.07, 6.45) is 5.12. The molecule has 0 aromatic heterocycles. The molecule has 1 saturated carbocycles. The minimum absolute atomic E-state index is 0.0121. The molecule has 18 heavy (non-hydrogen) atoms. The van der Waals surface area contributed by atoms with Crippen LogP contribution < -0.4 is 4.74 Å². The minimum atomic E-state index is -0.469. The summed E-state index contributed by atoms with van der Waals surface area (Å²) in [5, 5.41) is 11.3. The Labute approximate surface area is 114 Å². The number of benzene rings is 1. The Kier molecular flexibility index (Phi) is 4.18. The molecule has 0 spiro atoms. The molecule has 0 bridgehead atoms. The van der Waals surface area contributed by atoms with Crippen molar-refractivity contribution < 1.29 is 9.84 Å². The molecule has 1 atom stereocenters. The summed E-state index contributed by atoms with van der Waals surface area (Å²) in [5.74, 6) is 0.730. The molecule has 0 heterocycles. The number of rotatable bonds is 4. The number of hydrogen-bond acceptors (Lipinski definition) is 2. The van der Waals surface area contributed by atoms with Crippen molar-refractivity contribution in [3.05, 3.63) is 28.8 Å². The molecule has 3 heteroatoms. The Hall–Kier alpha value is -0.730. The zero-order valence-corrected chi connectivity index (χ0v) is 11.8. The van der Waals surface area contributed by atoms with E-state index in [1.54, 1.807) is 13.2 Å².